The van der Waals surface area contributed by atoms with Crippen molar-refractivity contribution in [3.05, 3.63) is 29.8 Å². The van der Waals surface area contributed by atoms with Crippen molar-refractivity contribution in [2.45, 2.75) is 39.2 Å². The molecule has 118 valence electrons. The zero-order chi connectivity index (χ0) is 16.6. The zero-order valence-corrected chi connectivity index (χ0v) is 13.1. The van der Waals surface area contributed by atoms with Gasteiger partial charge in [-0.3, -0.25) is 4.79 Å². The van der Waals surface area contributed by atoms with Crippen LogP contribution in [0.5, 0.6) is 0 Å². The molecule has 0 saturated heterocycles. The molecule has 0 saturated carbocycles. The third-order valence-electron chi connectivity index (χ3n) is 2.54. The first-order valence-corrected chi connectivity index (χ1v) is 7.03. The summed E-state index contributed by atoms with van der Waals surface area (Å²) < 4.78 is 5.07. The van der Waals surface area contributed by atoms with Gasteiger partial charge in [0.2, 0.25) is 5.91 Å². The first-order chi connectivity index (χ1) is 10.3. The van der Waals surface area contributed by atoms with E-state index in [1.807, 2.05) is 0 Å². The van der Waals surface area contributed by atoms with Crippen molar-refractivity contribution in [3.63, 3.8) is 0 Å². The highest BCUT2D eigenvalue weighted by atomic mass is 16.6. The average Bonchev–Trinajstić information content (AvgIpc) is 2.39. The van der Waals surface area contributed by atoms with Crippen LogP contribution in [-0.2, 0) is 16.0 Å². The highest BCUT2D eigenvalue weighted by Gasteiger charge is 2.15. The Labute approximate surface area is 130 Å². The number of nitrogens with zero attached hydrogens (tertiary/aromatic N) is 1. The summed E-state index contributed by atoms with van der Waals surface area (Å²) in [4.78, 5) is 23.1. The van der Waals surface area contributed by atoms with Gasteiger partial charge in [0.05, 0.1) is 12.5 Å². The third kappa shape index (κ3) is 7.29. The molecule has 0 bridgehead atoms. The molecule has 0 heterocycles. The maximum Gasteiger partial charge on any atom is 0.407 e. The van der Waals surface area contributed by atoms with Gasteiger partial charge in [0.15, 0.2) is 0 Å². The zero-order valence-electron chi connectivity index (χ0n) is 13.1. The van der Waals surface area contributed by atoms with Crippen molar-refractivity contribution >= 4 is 17.7 Å². The van der Waals surface area contributed by atoms with Crippen LogP contribution in [0.4, 0.5) is 10.5 Å². The summed E-state index contributed by atoms with van der Waals surface area (Å²) in [6, 6.07) is 9.12. The molecular weight excluding hydrogens is 282 g/mol. The van der Waals surface area contributed by atoms with Crippen molar-refractivity contribution < 1.29 is 14.3 Å². The molecule has 0 atom stereocenters. The second-order valence-corrected chi connectivity index (χ2v) is 5.76. The van der Waals surface area contributed by atoms with Crippen molar-refractivity contribution in [3.8, 4) is 6.07 Å². The van der Waals surface area contributed by atoms with E-state index in [0.29, 0.717) is 12.1 Å². The maximum absolute atomic E-state index is 11.7. The van der Waals surface area contributed by atoms with Gasteiger partial charge in [0.25, 0.3) is 0 Å². The molecule has 1 aromatic rings. The highest BCUT2D eigenvalue weighted by Crippen LogP contribution is 2.10. The number of amides is 2. The number of nitriles is 1. The summed E-state index contributed by atoms with van der Waals surface area (Å²) in [5.74, 6) is -0.205. The lowest BCUT2D eigenvalue weighted by Crippen LogP contribution is -2.34. The molecule has 0 fully saturated rings. The molecule has 1 aromatic carbocycles. The van der Waals surface area contributed by atoms with Gasteiger partial charge in [-0.05, 0) is 38.5 Å². The smallest absolute Gasteiger partial charge is 0.407 e. The molecule has 0 spiro atoms. The normalized spacial score (nSPS) is 10.5. The molecule has 1 rings (SSSR count). The summed E-state index contributed by atoms with van der Waals surface area (Å²) in [6.45, 7) is 5.52. The number of carbonyl (C=O) groups excluding carboxylic acids is 2. The van der Waals surface area contributed by atoms with E-state index in [1.165, 1.54) is 0 Å². The lowest BCUT2D eigenvalue weighted by atomic mass is 10.1. The van der Waals surface area contributed by atoms with Crippen LogP contribution in [0.2, 0.25) is 0 Å². The molecule has 6 nitrogen and oxygen atoms in total. The first kappa shape index (κ1) is 17.5. The molecule has 22 heavy (non-hydrogen) atoms. The Hall–Kier alpha value is -2.55. The Kier molecular flexibility index (Phi) is 6.39. The quantitative estimate of drug-likeness (QED) is 0.874. The molecular formula is C16H21N3O3. The minimum absolute atomic E-state index is 0.152. The number of carbonyl (C=O) groups is 2. The van der Waals surface area contributed by atoms with Gasteiger partial charge in [-0.15, -0.1) is 0 Å². The van der Waals surface area contributed by atoms with Crippen molar-refractivity contribution in [2.75, 3.05) is 11.9 Å². The summed E-state index contributed by atoms with van der Waals surface area (Å²) in [5.41, 5.74) is 0.994. The lowest BCUT2D eigenvalue weighted by molar-refractivity contribution is -0.116. The fourth-order valence-corrected chi connectivity index (χ4v) is 1.61. The van der Waals surface area contributed by atoms with E-state index in [0.717, 1.165) is 5.56 Å². The number of ether oxygens (including phenoxy) is 1. The SMILES string of the molecule is CC(C)(C)OC(=O)NCCC(=O)Nc1ccc(CC#N)cc1. The van der Waals surface area contributed by atoms with Gasteiger partial charge in [0.1, 0.15) is 5.60 Å². The van der Waals surface area contributed by atoms with E-state index in [4.69, 9.17) is 10.00 Å². The van der Waals surface area contributed by atoms with Crippen molar-refractivity contribution in [1.82, 2.24) is 5.32 Å². The molecule has 0 aliphatic carbocycles. The number of anilines is 1. The Bertz CT molecular complexity index is 553. The van der Waals surface area contributed by atoms with Crippen molar-refractivity contribution in [1.29, 1.82) is 5.26 Å². The monoisotopic (exact) mass is 303 g/mol. The van der Waals surface area contributed by atoms with Gasteiger partial charge in [-0.2, -0.15) is 5.26 Å². The predicted octanol–water partition coefficient (Wildman–Crippen LogP) is 2.61. The topological polar surface area (TPSA) is 91.2 Å². The number of hydrogen-bond acceptors (Lipinski definition) is 4. The predicted molar refractivity (Wildman–Crippen MR) is 83.2 cm³/mol. The molecule has 0 aromatic heterocycles. The van der Waals surface area contributed by atoms with E-state index in [-0.39, 0.29) is 18.9 Å². The van der Waals surface area contributed by atoms with Crippen LogP contribution < -0.4 is 10.6 Å². The summed E-state index contributed by atoms with van der Waals surface area (Å²) in [5, 5.41) is 13.8. The number of nitrogens with one attached hydrogen (secondary N) is 2. The Morgan fingerprint density at radius 3 is 2.41 bits per heavy atom. The lowest BCUT2D eigenvalue weighted by Gasteiger charge is -2.19. The molecule has 0 radical (unpaired) electrons. The van der Waals surface area contributed by atoms with Crippen LogP contribution in [0.15, 0.2) is 24.3 Å². The van der Waals surface area contributed by atoms with Crippen LogP contribution in [-0.4, -0.2) is 24.1 Å². The molecule has 0 aliphatic heterocycles. The highest BCUT2D eigenvalue weighted by molar-refractivity contribution is 5.91. The van der Waals surface area contributed by atoms with Crippen molar-refractivity contribution in [2.24, 2.45) is 0 Å². The van der Waals surface area contributed by atoms with Gasteiger partial charge >= 0.3 is 6.09 Å². The number of alkyl carbamates (subject to hydrolysis) is 1. The summed E-state index contributed by atoms with van der Waals surface area (Å²) in [6.07, 6.45) is -0.0473. The number of benzene rings is 1. The van der Waals surface area contributed by atoms with Crippen LogP contribution in [0.1, 0.15) is 32.8 Å². The Balaban J connectivity index is 2.32. The Morgan fingerprint density at radius 1 is 1.23 bits per heavy atom. The van der Waals surface area contributed by atoms with Crippen LogP contribution in [0.25, 0.3) is 0 Å². The fraction of sp³-hybridized carbons (Fsp3) is 0.438. The molecule has 2 amide bonds. The van der Waals surface area contributed by atoms with E-state index in [1.54, 1.807) is 45.0 Å². The van der Waals surface area contributed by atoms with Crippen LogP contribution in [0.3, 0.4) is 0 Å². The van der Waals surface area contributed by atoms with Gasteiger partial charge in [-0.1, -0.05) is 12.1 Å². The minimum Gasteiger partial charge on any atom is -0.444 e. The molecule has 2 N–H and O–H groups in total. The number of hydrogen-bond donors (Lipinski definition) is 2. The second-order valence-electron chi connectivity index (χ2n) is 5.76. The van der Waals surface area contributed by atoms with Gasteiger partial charge < -0.3 is 15.4 Å². The van der Waals surface area contributed by atoms with E-state index >= 15 is 0 Å². The minimum atomic E-state index is -0.558. The van der Waals surface area contributed by atoms with Crippen LogP contribution >= 0.6 is 0 Å². The fourth-order valence-electron chi connectivity index (χ4n) is 1.61. The first-order valence-electron chi connectivity index (χ1n) is 7.03. The van der Waals surface area contributed by atoms with E-state index in [2.05, 4.69) is 16.7 Å². The number of rotatable bonds is 5. The average molecular weight is 303 g/mol. The van der Waals surface area contributed by atoms with E-state index < -0.39 is 11.7 Å². The molecule has 0 aliphatic rings. The van der Waals surface area contributed by atoms with Gasteiger partial charge in [0, 0.05) is 18.7 Å². The second kappa shape index (κ2) is 8.03. The maximum atomic E-state index is 11.7. The molecule has 6 heteroatoms. The summed E-state index contributed by atoms with van der Waals surface area (Å²) in [7, 11) is 0. The molecule has 0 unspecified atom stereocenters. The van der Waals surface area contributed by atoms with Gasteiger partial charge in [-0.25, -0.2) is 4.79 Å². The third-order valence-corrected chi connectivity index (χ3v) is 2.54. The van der Waals surface area contributed by atoms with Crippen LogP contribution in [0, 0.1) is 11.3 Å². The standard InChI is InChI=1S/C16H21N3O3/c1-16(2,3)22-15(21)18-11-9-14(20)19-13-6-4-12(5-7-13)8-10-17/h4-7H,8-9,11H2,1-3H3,(H,18,21)(H,19,20). The Morgan fingerprint density at radius 2 is 1.86 bits per heavy atom. The largest absolute Gasteiger partial charge is 0.444 e. The summed E-state index contributed by atoms with van der Waals surface area (Å²) >= 11 is 0. The van der Waals surface area contributed by atoms with E-state index in [9.17, 15) is 9.59 Å².